The van der Waals surface area contributed by atoms with E-state index in [4.69, 9.17) is 4.74 Å². The van der Waals surface area contributed by atoms with Gasteiger partial charge in [0.05, 0.1) is 12.3 Å². The number of rotatable bonds is 3. The summed E-state index contributed by atoms with van der Waals surface area (Å²) in [5.41, 5.74) is 2.72. The van der Waals surface area contributed by atoms with Gasteiger partial charge < -0.3 is 9.30 Å². The Labute approximate surface area is 144 Å². The first-order chi connectivity index (χ1) is 12.2. The molecule has 0 bridgehead atoms. The van der Waals surface area contributed by atoms with Gasteiger partial charge in [0, 0.05) is 36.2 Å². The van der Waals surface area contributed by atoms with Crippen molar-refractivity contribution >= 4 is 11.0 Å². The minimum absolute atomic E-state index is 0.118. The van der Waals surface area contributed by atoms with Crippen molar-refractivity contribution in [3.8, 4) is 17.3 Å². The number of halogens is 1. The number of nitrogens with zero attached hydrogens (tertiary/aromatic N) is 4. The van der Waals surface area contributed by atoms with Crippen molar-refractivity contribution < 1.29 is 9.13 Å². The maximum absolute atomic E-state index is 13.6. The third kappa shape index (κ3) is 2.87. The van der Waals surface area contributed by atoms with Gasteiger partial charge in [0.2, 0.25) is 5.82 Å². The molecule has 1 aliphatic rings. The van der Waals surface area contributed by atoms with Crippen LogP contribution in [0, 0.1) is 30.0 Å². The number of hydrogen-bond donors (Lipinski definition) is 0. The zero-order valence-corrected chi connectivity index (χ0v) is 13.9. The summed E-state index contributed by atoms with van der Waals surface area (Å²) in [5, 5.41) is 10.2. The third-order valence-corrected chi connectivity index (χ3v) is 4.63. The predicted octanol–water partition coefficient (Wildman–Crippen LogP) is 3.45. The minimum Gasteiger partial charge on any atom is -0.381 e. The Bertz CT molecular complexity index is 983. The summed E-state index contributed by atoms with van der Waals surface area (Å²) in [6.45, 7) is 4.06. The van der Waals surface area contributed by atoms with Gasteiger partial charge in [-0.15, -0.1) is 0 Å². The third-order valence-electron chi connectivity index (χ3n) is 4.63. The SMILES string of the molecule is Cc1cc(-c2nc(C#N)nc3c2ccn3CC2CCOC2)ccc1F. The average Bonchev–Trinajstić information content (AvgIpc) is 3.27. The van der Waals surface area contributed by atoms with Crippen LogP contribution in [0.1, 0.15) is 17.8 Å². The van der Waals surface area contributed by atoms with E-state index in [0.717, 1.165) is 42.8 Å². The van der Waals surface area contributed by atoms with Gasteiger partial charge in [-0.3, -0.25) is 0 Å². The zero-order chi connectivity index (χ0) is 17.4. The van der Waals surface area contributed by atoms with E-state index in [1.165, 1.54) is 6.07 Å². The summed E-state index contributed by atoms with van der Waals surface area (Å²) >= 11 is 0. The molecule has 3 aromatic rings. The number of fused-ring (bicyclic) bond motifs is 1. The van der Waals surface area contributed by atoms with E-state index >= 15 is 0 Å². The van der Waals surface area contributed by atoms with Crippen molar-refractivity contribution in [1.82, 2.24) is 14.5 Å². The second-order valence-corrected chi connectivity index (χ2v) is 6.41. The first kappa shape index (κ1) is 15.7. The maximum Gasteiger partial charge on any atom is 0.234 e. The lowest BCUT2D eigenvalue weighted by Crippen LogP contribution is -2.10. The standard InChI is InChI=1S/C19H17FN4O/c1-12-8-14(2-3-16(12)20)18-15-4-6-24(10-13-5-7-25-11-13)19(15)23-17(9-21)22-18/h2-4,6,8,13H,5,7,10-11H2,1H3. The molecule has 0 saturated carbocycles. The van der Waals surface area contributed by atoms with Gasteiger partial charge in [-0.25, -0.2) is 14.4 Å². The number of aryl methyl sites for hydroxylation is 1. The monoisotopic (exact) mass is 336 g/mol. The van der Waals surface area contributed by atoms with E-state index in [2.05, 4.69) is 14.5 Å². The van der Waals surface area contributed by atoms with Crippen LogP contribution >= 0.6 is 0 Å². The highest BCUT2D eigenvalue weighted by atomic mass is 19.1. The van der Waals surface area contributed by atoms with Crippen molar-refractivity contribution in [2.75, 3.05) is 13.2 Å². The van der Waals surface area contributed by atoms with Crippen LogP contribution in [0.2, 0.25) is 0 Å². The Balaban J connectivity index is 1.85. The lowest BCUT2D eigenvalue weighted by molar-refractivity contribution is 0.182. The molecular weight excluding hydrogens is 319 g/mol. The van der Waals surface area contributed by atoms with Gasteiger partial charge in [-0.2, -0.15) is 5.26 Å². The van der Waals surface area contributed by atoms with Crippen LogP contribution in [-0.4, -0.2) is 27.7 Å². The van der Waals surface area contributed by atoms with Crippen LogP contribution < -0.4 is 0 Å². The topological polar surface area (TPSA) is 63.7 Å². The molecule has 25 heavy (non-hydrogen) atoms. The number of nitriles is 1. The van der Waals surface area contributed by atoms with Gasteiger partial charge in [0.25, 0.3) is 0 Å². The van der Waals surface area contributed by atoms with Crippen molar-refractivity contribution in [3.05, 3.63) is 47.7 Å². The fraction of sp³-hybridized carbons (Fsp3) is 0.316. The molecule has 6 heteroatoms. The van der Waals surface area contributed by atoms with E-state index in [0.29, 0.717) is 17.2 Å². The number of aromatic nitrogens is 3. The molecule has 1 saturated heterocycles. The molecule has 0 radical (unpaired) electrons. The van der Waals surface area contributed by atoms with Gasteiger partial charge in [-0.1, -0.05) is 0 Å². The van der Waals surface area contributed by atoms with Crippen LogP contribution in [0.15, 0.2) is 30.5 Å². The number of hydrogen-bond acceptors (Lipinski definition) is 4. The molecule has 1 fully saturated rings. The largest absolute Gasteiger partial charge is 0.381 e. The van der Waals surface area contributed by atoms with Crippen molar-refractivity contribution in [1.29, 1.82) is 5.26 Å². The quantitative estimate of drug-likeness (QED) is 0.735. The summed E-state index contributed by atoms with van der Waals surface area (Å²) < 4.78 is 21.1. The average molecular weight is 336 g/mol. The highest BCUT2D eigenvalue weighted by Gasteiger charge is 2.19. The first-order valence-electron chi connectivity index (χ1n) is 8.27. The summed E-state index contributed by atoms with van der Waals surface area (Å²) in [6, 6.07) is 8.86. The van der Waals surface area contributed by atoms with Gasteiger partial charge in [0.15, 0.2) is 0 Å². The zero-order valence-electron chi connectivity index (χ0n) is 13.9. The van der Waals surface area contributed by atoms with Gasteiger partial charge in [-0.05, 0) is 43.2 Å². The molecule has 4 rings (SSSR count). The second kappa shape index (κ2) is 6.26. The molecule has 1 aliphatic heterocycles. The van der Waals surface area contributed by atoms with Crippen molar-refractivity contribution in [3.63, 3.8) is 0 Å². The van der Waals surface area contributed by atoms with E-state index < -0.39 is 0 Å². The Kier molecular flexibility index (Phi) is 3.94. The van der Waals surface area contributed by atoms with Crippen LogP contribution in [0.4, 0.5) is 4.39 Å². The summed E-state index contributed by atoms with van der Waals surface area (Å²) in [7, 11) is 0. The van der Waals surface area contributed by atoms with Gasteiger partial charge in [0.1, 0.15) is 17.5 Å². The normalized spacial score (nSPS) is 17.1. The van der Waals surface area contributed by atoms with E-state index in [1.54, 1.807) is 19.1 Å². The van der Waals surface area contributed by atoms with Crippen LogP contribution in [0.25, 0.3) is 22.3 Å². The highest BCUT2D eigenvalue weighted by molar-refractivity contribution is 5.91. The van der Waals surface area contributed by atoms with Crippen molar-refractivity contribution in [2.45, 2.75) is 19.9 Å². The van der Waals surface area contributed by atoms with Crippen LogP contribution in [0.3, 0.4) is 0 Å². The summed E-state index contributed by atoms with van der Waals surface area (Å²) in [5.74, 6) is 0.313. The molecule has 1 atom stereocenters. The number of benzene rings is 1. The molecule has 0 amide bonds. The molecule has 1 aromatic carbocycles. The highest BCUT2D eigenvalue weighted by Crippen LogP contribution is 2.29. The Morgan fingerprint density at radius 2 is 2.24 bits per heavy atom. The summed E-state index contributed by atoms with van der Waals surface area (Å²) in [6.07, 6.45) is 3.00. The molecular formula is C19H17FN4O. The fourth-order valence-corrected chi connectivity index (χ4v) is 3.28. The minimum atomic E-state index is -0.256. The molecule has 126 valence electrons. The predicted molar refractivity (Wildman–Crippen MR) is 91.3 cm³/mol. The fourth-order valence-electron chi connectivity index (χ4n) is 3.28. The van der Waals surface area contributed by atoms with Gasteiger partial charge >= 0.3 is 0 Å². The Hall–Kier alpha value is -2.78. The van der Waals surface area contributed by atoms with Crippen LogP contribution in [-0.2, 0) is 11.3 Å². The second-order valence-electron chi connectivity index (χ2n) is 6.41. The molecule has 0 N–H and O–H groups in total. The Morgan fingerprint density at radius 1 is 1.36 bits per heavy atom. The van der Waals surface area contributed by atoms with Crippen LogP contribution in [0.5, 0.6) is 0 Å². The van der Waals surface area contributed by atoms with E-state index in [1.807, 2.05) is 18.3 Å². The smallest absolute Gasteiger partial charge is 0.234 e. The van der Waals surface area contributed by atoms with E-state index in [9.17, 15) is 9.65 Å². The molecule has 2 aromatic heterocycles. The molecule has 0 spiro atoms. The van der Waals surface area contributed by atoms with Crippen molar-refractivity contribution in [2.24, 2.45) is 5.92 Å². The number of ether oxygens (including phenoxy) is 1. The molecule has 1 unspecified atom stereocenters. The first-order valence-corrected chi connectivity index (χ1v) is 8.27. The Morgan fingerprint density at radius 3 is 2.96 bits per heavy atom. The summed E-state index contributed by atoms with van der Waals surface area (Å²) in [4.78, 5) is 8.77. The molecule has 0 aliphatic carbocycles. The molecule has 5 nitrogen and oxygen atoms in total. The lowest BCUT2D eigenvalue weighted by Gasteiger charge is -2.11. The lowest BCUT2D eigenvalue weighted by atomic mass is 10.1. The molecule has 3 heterocycles. The van der Waals surface area contributed by atoms with E-state index in [-0.39, 0.29) is 11.6 Å². The maximum atomic E-state index is 13.6.